The predicted octanol–water partition coefficient (Wildman–Crippen LogP) is 2.87. The lowest BCUT2D eigenvalue weighted by molar-refractivity contribution is 0.131. The van der Waals surface area contributed by atoms with Crippen molar-refractivity contribution in [2.75, 3.05) is 6.54 Å². The summed E-state index contributed by atoms with van der Waals surface area (Å²) in [5.41, 5.74) is 0.926. The lowest BCUT2D eigenvalue weighted by Crippen LogP contribution is -2.27. The van der Waals surface area contributed by atoms with Crippen molar-refractivity contribution in [2.45, 2.75) is 38.3 Å². The molecule has 1 aromatic carbocycles. The summed E-state index contributed by atoms with van der Waals surface area (Å²) >= 11 is 0. The van der Waals surface area contributed by atoms with Gasteiger partial charge in [0, 0.05) is 18.7 Å². The first-order valence-electron chi connectivity index (χ1n) is 6.42. The van der Waals surface area contributed by atoms with Gasteiger partial charge in [-0.3, -0.25) is 0 Å². The highest BCUT2D eigenvalue weighted by atomic mass is 19.3. The zero-order valence-electron chi connectivity index (χ0n) is 10.3. The van der Waals surface area contributed by atoms with Crippen LogP contribution in [0.25, 0.3) is 0 Å². The maximum Gasteiger partial charge on any atom is 0.263 e. The zero-order valence-corrected chi connectivity index (χ0v) is 10.3. The smallest absolute Gasteiger partial charge is 0.263 e. The van der Waals surface area contributed by atoms with Gasteiger partial charge in [0.2, 0.25) is 0 Å². The maximum absolute atomic E-state index is 12.5. The number of aliphatic hydroxyl groups is 1. The minimum absolute atomic E-state index is 0.0650. The molecule has 1 aromatic rings. The molecule has 0 bridgehead atoms. The third kappa shape index (κ3) is 3.50. The molecule has 2 atom stereocenters. The van der Waals surface area contributed by atoms with E-state index in [1.807, 2.05) is 6.07 Å². The first-order chi connectivity index (χ1) is 8.66. The van der Waals surface area contributed by atoms with Gasteiger partial charge in [-0.25, -0.2) is 8.78 Å². The first-order valence-corrected chi connectivity index (χ1v) is 6.42. The summed E-state index contributed by atoms with van der Waals surface area (Å²) in [5.74, 6) is 0.309. The van der Waals surface area contributed by atoms with Gasteiger partial charge < -0.3 is 10.4 Å². The van der Waals surface area contributed by atoms with Gasteiger partial charge in [0.25, 0.3) is 6.43 Å². The van der Waals surface area contributed by atoms with Crippen molar-refractivity contribution in [2.24, 2.45) is 5.92 Å². The predicted molar refractivity (Wildman–Crippen MR) is 66.5 cm³/mol. The largest absolute Gasteiger partial charge is 0.393 e. The van der Waals surface area contributed by atoms with Gasteiger partial charge in [-0.05, 0) is 30.4 Å². The Morgan fingerprint density at radius 1 is 1.33 bits per heavy atom. The Balaban J connectivity index is 1.81. The van der Waals surface area contributed by atoms with Crippen LogP contribution in [0.15, 0.2) is 24.3 Å². The fraction of sp³-hybridized carbons (Fsp3) is 0.571. The highest BCUT2D eigenvalue weighted by Crippen LogP contribution is 2.25. The van der Waals surface area contributed by atoms with E-state index in [1.165, 1.54) is 12.1 Å². The van der Waals surface area contributed by atoms with E-state index in [1.54, 1.807) is 6.07 Å². The summed E-state index contributed by atoms with van der Waals surface area (Å²) in [4.78, 5) is 0. The molecule has 1 saturated carbocycles. The molecule has 2 nitrogen and oxygen atoms in total. The van der Waals surface area contributed by atoms with Crippen LogP contribution in [0.4, 0.5) is 8.78 Å². The third-order valence-corrected chi connectivity index (χ3v) is 3.56. The maximum atomic E-state index is 12.5. The van der Waals surface area contributed by atoms with Crippen LogP contribution in [0.1, 0.15) is 36.8 Å². The fourth-order valence-electron chi connectivity index (χ4n) is 2.50. The van der Waals surface area contributed by atoms with E-state index in [9.17, 15) is 13.9 Å². The molecular weight excluding hydrogens is 236 g/mol. The summed E-state index contributed by atoms with van der Waals surface area (Å²) in [7, 11) is 0. The highest BCUT2D eigenvalue weighted by molar-refractivity contribution is 5.24. The van der Waals surface area contributed by atoms with Gasteiger partial charge >= 0.3 is 0 Å². The van der Waals surface area contributed by atoms with Crippen LogP contribution in [0.5, 0.6) is 0 Å². The van der Waals surface area contributed by atoms with Crippen molar-refractivity contribution in [3.63, 3.8) is 0 Å². The molecule has 1 aliphatic rings. The molecule has 1 fully saturated rings. The van der Waals surface area contributed by atoms with E-state index in [-0.39, 0.29) is 11.7 Å². The standard InChI is InChI=1S/C14H19F2NO/c15-14(16)11-4-1-3-10(7-11)8-17-9-12-5-2-6-13(12)18/h1,3-4,7,12-14,17-18H,2,5-6,8-9H2. The highest BCUT2D eigenvalue weighted by Gasteiger charge is 2.24. The molecular formula is C14H19F2NO. The average Bonchev–Trinajstić information content (AvgIpc) is 2.76. The Hall–Kier alpha value is -1.00. The number of hydrogen-bond acceptors (Lipinski definition) is 2. The fourth-order valence-corrected chi connectivity index (χ4v) is 2.50. The van der Waals surface area contributed by atoms with Crippen LogP contribution in [0.2, 0.25) is 0 Å². The minimum atomic E-state index is -2.42. The zero-order chi connectivity index (χ0) is 13.0. The van der Waals surface area contributed by atoms with E-state index in [2.05, 4.69) is 5.32 Å². The van der Waals surface area contributed by atoms with Gasteiger partial charge in [-0.2, -0.15) is 0 Å². The van der Waals surface area contributed by atoms with E-state index < -0.39 is 6.43 Å². The molecule has 18 heavy (non-hydrogen) atoms. The monoisotopic (exact) mass is 255 g/mol. The molecule has 0 radical (unpaired) electrons. The number of alkyl halides is 2. The van der Waals surface area contributed by atoms with Gasteiger partial charge in [0.1, 0.15) is 0 Å². The van der Waals surface area contributed by atoms with E-state index in [0.29, 0.717) is 12.5 Å². The Morgan fingerprint density at radius 3 is 2.83 bits per heavy atom. The summed E-state index contributed by atoms with van der Waals surface area (Å²) in [5, 5.41) is 12.9. The lowest BCUT2D eigenvalue weighted by Gasteiger charge is -2.15. The van der Waals surface area contributed by atoms with Crippen LogP contribution in [0.3, 0.4) is 0 Å². The summed E-state index contributed by atoms with van der Waals surface area (Å²) < 4.78 is 25.0. The number of aliphatic hydroxyl groups excluding tert-OH is 1. The second-order valence-electron chi connectivity index (χ2n) is 4.93. The summed E-state index contributed by atoms with van der Waals surface area (Å²) in [6.07, 6.45) is 0.388. The van der Waals surface area contributed by atoms with Gasteiger partial charge in [-0.1, -0.05) is 24.6 Å². The molecule has 0 saturated heterocycles. The molecule has 0 spiro atoms. The molecule has 0 heterocycles. The number of nitrogens with one attached hydrogen (secondary N) is 1. The molecule has 0 aliphatic heterocycles. The third-order valence-electron chi connectivity index (χ3n) is 3.56. The van der Waals surface area contributed by atoms with Crippen molar-refractivity contribution >= 4 is 0 Å². The number of hydrogen-bond donors (Lipinski definition) is 2. The lowest BCUT2D eigenvalue weighted by atomic mass is 10.1. The Bertz CT molecular complexity index is 384. The van der Waals surface area contributed by atoms with Crippen LogP contribution in [-0.2, 0) is 6.54 Å². The van der Waals surface area contributed by atoms with Crippen molar-refractivity contribution in [3.8, 4) is 0 Å². The second-order valence-corrected chi connectivity index (χ2v) is 4.93. The first kappa shape index (κ1) is 13.4. The van der Waals surface area contributed by atoms with E-state index >= 15 is 0 Å². The van der Waals surface area contributed by atoms with Gasteiger partial charge in [0.05, 0.1) is 6.10 Å². The summed E-state index contributed by atoms with van der Waals surface area (Å²) in [6.45, 7) is 1.32. The van der Waals surface area contributed by atoms with Crippen molar-refractivity contribution in [3.05, 3.63) is 35.4 Å². The quantitative estimate of drug-likeness (QED) is 0.848. The van der Waals surface area contributed by atoms with Crippen LogP contribution in [0, 0.1) is 5.92 Å². The molecule has 2 N–H and O–H groups in total. The van der Waals surface area contributed by atoms with Crippen LogP contribution < -0.4 is 5.32 Å². The molecule has 2 rings (SSSR count). The van der Waals surface area contributed by atoms with Crippen molar-refractivity contribution < 1.29 is 13.9 Å². The summed E-state index contributed by atoms with van der Waals surface area (Å²) in [6, 6.07) is 6.46. The molecule has 2 unspecified atom stereocenters. The Morgan fingerprint density at radius 2 is 2.17 bits per heavy atom. The van der Waals surface area contributed by atoms with Crippen LogP contribution >= 0.6 is 0 Å². The minimum Gasteiger partial charge on any atom is -0.393 e. The molecule has 0 amide bonds. The topological polar surface area (TPSA) is 32.3 Å². The molecule has 4 heteroatoms. The number of rotatable bonds is 5. The van der Waals surface area contributed by atoms with Gasteiger partial charge in [-0.15, -0.1) is 0 Å². The van der Waals surface area contributed by atoms with Crippen LogP contribution in [-0.4, -0.2) is 17.8 Å². The van der Waals surface area contributed by atoms with Crippen molar-refractivity contribution in [1.29, 1.82) is 0 Å². The SMILES string of the molecule is OC1CCCC1CNCc1cccc(C(F)F)c1. The molecule has 0 aromatic heterocycles. The van der Waals surface area contributed by atoms with E-state index in [0.717, 1.165) is 31.4 Å². The normalized spacial score (nSPS) is 23.8. The van der Waals surface area contributed by atoms with Gasteiger partial charge in [0.15, 0.2) is 0 Å². The number of halogens is 2. The second kappa shape index (κ2) is 6.25. The molecule has 1 aliphatic carbocycles. The number of benzene rings is 1. The molecule has 100 valence electrons. The Labute approximate surface area is 106 Å². The van der Waals surface area contributed by atoms with Crippen molar-refractivity contribution in [1.82, 2.24) is 5.32 Å². The average molecular weight is 255 g/mol. The van der Waals surface area contributed by atoms with E-state index in [4.69, 9.17) is 0 Å². The Kier molecular flexibility index (Phi) is 4.66.